The summed E-state index contributed by atoms with van der Waals surface area (Å²) < 4.78 is 117. The van der Waals surface area contributed by atoms with E-state index < -0.39 is 80.9 Å². The van der Waals surface area contributed by atoms with Crippen LogP contribution in [0, 0.1) is 46.5 Å². The molecule has 0 unspecified atom stereocenters. The summed E-state index contributed by atoms with van der Waals surface area (Å²) >= 11 is 0. The van der Waals surface area contributed by atoms with Gasteiger partial charge in [-0.3, -0.25) is 9.59 Å². The van der Waals surface area contributed by atoms with E-state index >= 15 is 0 Å². The third kappa shape index (κ3) is 5.22. The van der Waals surface area contributed by atoms with Crippen molar-refractivity contribution in [1.29, 1.82) is 0 Å². The molecule has 0 aliphatic rings. The van der Waals surface area contributed by atoms with E-state index in [-0.39, 0.29) is 5.57 Å². The molecule has 0 heterocycles. The molecule has 0 radical (unpaired) electrons. The lowest BCUT2D eigenvalue weighted by atomic mass is 10.00. The van der Waals surface area contributed by atoms with Gasteiger partial charge in [-0.15, -0.1) is 0 Å². The van der Waals surface area contributed by atoms with E-state index in [2.05, 4.69) is 6.58 Å². The van der Waals surface area contributed by atoms with Gasteiger partial charge in [0.05, 0.1) is 11.1 Å². The van der Waals surface area contributed by atoms with E-state index in [0.717, 1.165) is 13.0 Å². The van der Waals surface area contributed by atoms with Gasteiger partial charge in [0.1, 0.15) is 11.4 Å². The number of halogens is 8. The van der Waals surface area contributed by atoms with E-state index in [1.54, 1.807) is 35.6 Å². The van der Waals surface area contributed by atoms with Crippen molar-refractivity contribution >= 4 is 29.3 Å². The van der Waals surface area contributed by atoms with Crippen LogP contribution in [-0.4, -0.2) is 11.8 Å². The fourth-order valence-corrected chi connectivity index (χ4v) is 3.04. The van der Waals surface area contributed by atoms with Crippen molar-refractivity contribution in [2.45, 2.75) is 6.92 Å². The zero-order chi connectivity index (χ0) is 27.6. The molecule has 3 aromatic rings. The summed E-state index contributed by atoms with van der Waals surface area (Å²) in [6.45, 7) is 4.26. The van der Waals surface area contributed by atoms with Crippen LogP contribution in [0.2, 0.25) is 0 Å². The molecule has 4 nitrogen and oxygen atoms in total. The number of amides is 2. The topological polar surface area (TPSA) is 58.2 Å². The number of carbonyl (C=O) groups excluding carboxylic acids is 2. The van der Waals surface area contributed by atoms with Crippen LogP contribution < -0.4 is 10.6 Å². The molecule has 0 aliphatic heterocycles. The molecule has 37 heavy (non-hydrogen) atoms. The first kappa shape index (κ1) is 27.1. The number of hydrogen-bond donors (Lipinski definition) is 2. The predicted molar refractivity (Wildman–Crippen MR) is 119 cm³/mol. The molecular formula is C25H14F8N2O2. The molecular weight excluding hydrogens is 512 g/mol. The van der Waals surface area contributed by atoms with Crippen LogP contribution in [0.3, 0.4) is 0 Å². The Balaban J connectivity index is 2.09. The molecule has 2 amide bonds. The van der Waals surface area contributed by atoms with Crippen LogP contribution in [0.5, 0.6) is 0 Å². The van der Waals surface area contributed by atoms with Crippen LogP contribution in [0.1, 0.15) is 12.5 Å². The largest absolute Gasteiger partial charge is 0.317 e. The standard InChI is InChI=1S/C25H14F8N2O2/c1-10(2)25(37)35-24-21(32)17(28)14(18(29)22(24)33)13-15(26)19(30)23(20(31)16(13)27)34-12(36)9-8-11-6-4-3-5-7-11/h3-9H,1H2,2H3,(H,34,36)(H,35,37)/b9-8+. The van der Waals surface area contributed by atoms with Gasteiger partial charge in [0.15, 0.2) is 46.5 Å². The maximum Gasteiger partial charge on any atom is 0.250 e. The minimum absolute atomic E-state index is 0.318. The van der Waals surface area contributed by atoms with Crippen LogP contribution in [0.25, 0.3) is 17.2 Å². The first-order chi connectivity index (χ1) is 17.4. The Hall–Kier alpha value is -4.48. The smallest absolute Gasteiger partial charge is 0.250 e. The Labute approximate surface area is 203 Å². The Morgan fingerprint density at radius 2 is 1.08 bits per heavy atom. The lowest BCUT2D eigenvalue weighted by Gasteiger charge is -2.16. The van der Waals surface area contributed by atoms with E-state index in [1.807, 2.05) is 0 Å². The van der Waals surface area contributed by atoms with Gasteiger partial charge in [-0.25, -0.2) is 35.1 Å². The number of hydrogen-bond acceptors (Lipinski definition) is 2. The summed E-state index contributed by atoms with van der Waals surface area (Å²) in [5, 5.41) is 3.04. The highest BCUT2D eigenvalue weighted by Gasteiger charge is 2.34. The highest BCUT2D eigenvalue weighted by Crippen LogP contribution is 2.40. The number of carbonyl (C=O) groups is 2. The third-order valence-corrected chi connectivity index (χ3v) is 4.88. The summed E-state index contributed by atoms with van der Waals surface area (Å²) in [5.41, 5.74) is -7.40. The summed E-state index contributed by atoms with van der Waals surface area (Å²) in [7, 11) is 0. The van der Waals surface area contributed by atoms with Crippen molar-refractivity contribution in [2.75, 3.05) is 10.6 Å². The second-order valence-corrected chi connectivity index (χ2v) is 7.48. The third-order valence-electron chi connectivity index (χ3n) is 4.88. The average Bonchev–Trinajstić information content (AvgIpc) is 2.87. The van der Waals surface area contributed by atoms with Crippen molar-refractivity contribution < 1.29 is 44.7 Å². The summed E-state index contributed by atoms with van der Waals surface area (Å²) in [6.07, 6.45) is 1.98. The normalized spacial score (nSPS) is 11.1. The molecule has 3 rings (SSSR count). The van der Waals surface area contributed by atoms with Gasteiger partial charge < -0.3 is 10.6 Å². The second kappa shape index (κ2) is 10.6. The van der Waals surface area contributed by atoms with E-state index in [4.69, 9.17) is 0 Å². The Bertz CT molecular complexity index is 1410. The fraction of sp³-hybridized carbons (Fsp3) is 0.0400. The SMILES string of the molecule is C=C(C)C(=O)Nc1c(F)c(F)c(-c2c(F)c(F)c(NC(=O)/C=C/c3ccccc3)c(F)c2F)c(F)c1F. The van der Waals surface area contributed by atoms with Gasteiger partial charge in [-0.1, -0.05) is 36.9 Å². The minimum atomic E-state index is -2.46. The van der Waals surface area contributed by atoms with Crippen LogP contribution >= 0.6 is 0 Å². The molecule has 12 heteroatoms. The zero-order valence-electron chi connectivity index (χ0n) is 18.6. The molecule has 0 atom stereocenters. The molecule has 0 bridgehead atoms. The molecule has 0 aromatic heterocycles. The molecule has 0 fully saturated rings. The quantitative estimate of drug-likeness (QED) is 0.215. The number of nitrogens with one attached hydrogen (secondary N) is 2. The average molecular weight is 526 g/mol. The van der Waals surface area contributed by atoms with Gasteiger partial charge in [0, 0.05) is 11.6 Å². The maximum absolute atomic E-state index is 14.7. The van der Waals surface area contributed by atoms with Gasteiger partial charge in [-0.2, -0.15) is 0 Å². The molecule has 0 aliphatic carbocycles. The summed E-state index contributed by atoms with van der Waals surface area (Å²) in [4.78, 5) is 23.6. The molecule has 192 valence electrons. The Morgan fingerprint density at radius 3 is 1.49 bits per heavy atom. The predicted octanol–water partition coefficient (Wildman–Crippen LogP) is 6.63. The van der Waals surface area contributed by atoms with Crippen molar-refractivity contribution in [3.63, 3.8) is 0 Å². The second-order valence-electron chi connectivity index (χ2n) is 7.48. The lowest BCUT2D eigenvalue weighted by molar-refractivity contribution is -0.113. The van der Waals surface area contributed by atoms with Crippen molar-refractivity contribution in [2.24, 2.45) is 0 Å². The van der Waals surface area contributed by atoms with E-state index in [1.165, 1.54) is 11.4 Å². The van der Waals surface area contributed by atoms with Crippen molar-refractivity contribution in [3.05, 3.63) is 101 Å². The van der Waals surface area contributed by atoms with Gasteiger partial charge in [0.25, 0.3) is 5.91 Å². The number of rotatable bonds is 6. The number of benzene rings is 3. The minimum Gasteiger partial charge on any atom is -0.317 e. The van der Waals surface area contributed by atoms with Crippen LogP contribution in [0.15, 0.2) is 48.6 Å². The van der Waals surface area contributed by atoms with Gasteiger partial charge in [-0.05, 0) is 18.6 Å². The zero-order valence-corrected chi connectivity index (χ0v) is 18.6. The Morgan fingerprint density at radius 1 is 0.676 bits per heavy atom. The van der Waals surface area contributed by atoms with Crippen LogP contribution in [-0.2, 0) is 9.59 Å². The first-order valence-electron chi connectivity index (χ1n) is 10.1. The molecule has 3 aromatic carbocycles. The highest BCUT2D eigenvalue weighted by molar-refractivity contribution is 6.03. The maximum atomic E-state index is 14.7. The monoisotopic (exact) mass is 526 g/mol. The van der Waals surface area contributed by atoms with Crippen molar-refractivity contribution in [1.82, 2.24) is 0 Å². The van der Waals surface area contributed by atoms with E-state index in [0.29, 0.717) is 5.56 Å². The molecule has 2 N–H and O–H groups in total. The molecule has 0 spiro atoms. The first-order valence-corrected chi connectivity index (χ1v) is 10.1. The van der Waals surface area contributed by atoms with Gasteiger partial charge in [0.2, 0.25) is 5.91 Å². The summed E-state index contributed by atoms with van der Waals surface area (Å²) in [6, 6.07) is 8.03. The summed E-state index contributed by atoms with van der Waals surface area (Å²) in [5.74, 6) is -21.6. The van der Waals surface area contributed by atoms with Crippen molar-refractivity contribution in [3.8, 4) is 11.1 Å². The fourth-order valence-electron chi connectivity index (χ4n) is 3.04. The molecule has 0 saturated heterocycles. The molecule has 0 saturated carbocycles. The lowest BCUT2D eigenvalue weighted by Crippen LogP contribution is -2.18. The van der Waals surface area contributed by atoms with E-state index in [9.17, 15) is 44.7 Å². The van der Waals surface area contributed by atoms with Gasteiger partial charge >= 0.3 is 0 Å². The Kier molecular flexibility index (Phi) is 7.80. The van der Waals surface area contributed by atoms with Crippen LogP contribution in [0.4, 0.5) is 46.5 Å². The number of anilines is 2. The highest BCUT2D eigenvalue weighted by atomic mass is 19.2.